The van der Waals surface area contributed by atoms with Crippen molar-refractivity contribution in [2.24, 2.45) is 0 Å². The van der Waals surface area contributed by atoms with Crippen LogP contribution in [0, 0.1) is 0 Å². The van der Waals surface area contributed by atoms with Gasteiger partial charge in [-0.25, -0.2) is 13.7 Å². The maximum Gasteiger partial charge on any atom is 0.460 e. The molecule has 25 heteroatoms. The van der Waals surface area contributed by atoms with Gasteiger partial charge >= 0.3 is 58.0 Å². The fraction of sp³-hybridized carbons (Fsp3) is 0.923. The lowest BCUT2D eigenvalue weighted by Gasteiger charge is -2.41. The second kappa shape index (κ2) is 10.5. The second-order valence-corrected chi connectivity index (χ2v) is 8.45. The third-order valence-electron chi connectivity index (χ3n) is 4.29. The normalized spacial score (nSPS) is 15.4. The number of aliphatic hydroxyl groups excluding tert-OH is 3. The fourth-order valence-corrected chi connectivity index (χ4v) is 2.56. The van der Waals surface area contributed by atoms with Gasteiger partial charge in [0.2, 0.25) is 0 Å². The van der Waals surface area contributed by atoms with Gasteiger partial charge in [-0.05, 0) is 0 Å². The molecule has 0 fully saturated rings. The van der Waals surface area contributed by atoms with Gasteiger partial charge in [0.05, 0.1) is 19.8 Å². The molecule has 0 aromatic rings. The smallest absolute Gasteiger partial charge is 0.394 e. The van der Waals surface area contributed by atoms with Gasteiger partial charge in [0.1, 0.15) is 12.1 Å². The molecule has 0 bridgehead atoms. The van der Waals surface area contributed by atoms with Crippen molar-refractivity contribution in [1.29, 1.82) is 0 Å². The van der Waals surface area contributed by atoms with E-state index in [1.807, 2.05) is 0 Å². The highest BCUT2D eigenvalue weighted by Gasteiger charge is 2.93. The van der Waals surface area contributed by atoms with Crippen LogP contribution in [0.4, 0.5) is 70.7 Å². The molecule has 5 N–H and O–H groups in total. The molecule has 0 saturated carbocycles. The molecule has 228 valence electrons. The Hall–Kier alpha value is -1.99. The van der Waals surface area contributed by atoms with Gasteiger partial charge in [-0.15, -0.1) is 0 Å². The van der Waals surface area contributed by atoms with Crippen molar-refractivity contribution in [3.8, 4) is 0 Å². The van der Waals surface area contributed by atoms with Crippen molar-refractivity contribution in [3.63, 3.8) is 0 Å². The molecule has 9 nitrogen and oxygen atoms in total. The lowest BCUT2D eigenvalue weighted by atomic mass is 9.91. The van der Waals surface area contributed by atoms with Crippen molar-refractivity contribution < 1.29 is 98.6 Å². The molecule has 0 aliphatic heterocycles. The summed E-state index contributed by atoms with van der Waals surface area (Å²) in [5.74, 6) is -48.9. The summed E-state index contributed by atoms with van der Waals surface area (Å²) >= 11 is 0. The average Bonchev–Trinajstić information content (AvgIpc) is 2.74. The molecule has 0 spiro atoms. The van der Waals surface area contributed by atoms with E-state index < -0.39 is 90.0 Å². The fourth-order valence-electron chi connectivity index (χ4n) is 1.92. The van der Waals surface area contributed by atoms with Crippen LogP contribution < -0.4 is 10.0 Å². The minimum atomic E-state index is -8.59. The molecule has 0 aromatic heterocycles. The van der Waals surface area contributed by atoms with Gasteiger partial charge in [-0.2, -0.15) is 74.3 Å². The molecule has 0 rings (SSSR count). The number of nitrogens with one attached hydrogen (secondary N) is 2. The zero-order valence-corrected chi connectivity index (χ0v) is 18.2. The SMILES string of the molecule is O=C(NC(CO)(CO)CO)NS(=O)(=O)OCC(F)(F)C(F)(F)C(F)(F)C(F)(F)C(F)(F)C(F)(F)C(F)(F)F. The predicted octanol–water partition coefficient (Wildman–Crippen LogP) is 1.64. The van der Waals surface area contributed by atoms with Gasteiger partial charge in [0.25, 0.3) is 0 Å². The summed E-state index contributed by atoms with van der Waals surface area (Å²) in [6, 6.07) is -2.22. The standard InChI is InChI=1S/C13H13F15N2O7S/c14-7(15,4-37-38(35,36)30-5(34)29-6(1-31,2-32)3-33)8(16,17)9(18,19)10(20,21)11(22,23)12(24,25)13(26,27)28/h31-33H,1-4H2,(H2,29,30,34). The number of urea groups is 1. The highest BCUT2D eigenvalue weighted by molar-refractivity contribution is 7.85. The molecule has 0 heterocycles. The largest absolute Gasteiger partial charge is 0.460 e. The third-order valence-corrected chi connectivity index (χ3v) is 5.16. The van der Waals surface area contributed by atoms with E-state index in [1.165, 1.54) is 5.32 Å². The molecule has 0 aliphatic carbocycles. The van der Waals surface area contributed by atoms with Gasteiger partial charge in [0.15, 0.2) is 0 Å². The van der Waals surface area contributed by atoms with E-state index in [9.17, 15) is 79.1 Å². The van der Waals surface area contributed by atoms with Crippen LogP contribution in [0.5, 0.6) is 0 Å². The number of rotatable bonds is 13. The molecule has 0 saturated heterocycles. The van der Waals surface area contributed by atoms with E-state index in [-0.39, 0.29) is 0 Å². The number of hydrogen-bond donors (Lipinski definition) is 5. The van der Waals surface area contributed by atoms with Crippen LogP contribution in [0.3, 0.4) is 0 Å². The predicted molar refractivity (Wildman–Crippen MR) is 86.3 cm³/mol. The van der Waals surface area contributed by atoms with Gasteiger partial charge in [-0.1, -0.05) is 0 Å². The first-order valence-corrected chi connectivity index (χ1v) is 10.1. The monoisotopic (exact) mass is 626 g/mol. The van der Waals surface area contributed by atoms with Crippen molar-refractivity contribution >= 4 is 16.3 Å². The molecule has 0 aromatic carbocycles. The van der Waals surface area contributed by atoms with Crippen molar-refractivity contribution in [1.82, 2.24) is 10.0 Å². The Bertz CT molecular complexity index is 943. The summed E-state index contributed by atoms with van der Waals surface area (Å²) in [6.07, 6.45) is -7.79. The Kier molecular flexibility index (Phi) is 9.98. The summed E-state index contributed by atoms with van der Waals surface area (Å²) in [4.78, 5) is 11.4. The Morgan fingerprint density at radius 3 is 1.32 bits per heavy atom. The minimum absolute atomic E-state index is 0.477. The number of carbonyl (C=O) groups is 1. The van der Waals surface area contributed by atoms with E-state index >= 15 is 0 Å². The van der Waals surface area contributed by atoms with Crippen LogP contribution in [0.2, 0.25) is 0 Å². The first-order chi connectivity index (χ1) is 16.5. The molecule has 2 amide bonds. The Balaban J connectivity index is 6.06. The maximum atomic E-state index is 13.6. The van der Waals surface area contributed by atoms with Crippen LogP contribution in [0.1, 0.15) is 0 Å². The number of halogens is 15. The topological polar surface area (TPSA) is 145 Å². The molecule has 0 atom stereocenters. The molecule has 0 aliphatic rings. The van der Waals surface area contributed by atoms with Gasteiger partial charge in [-0.3, -0.25) is 0 Å². The number of carbonyl (C=O) groups excluding carboxylic acids is 1. The molecule has 0 unspecified atom stereocenters. The molecule has 0 radical (unpaired) electrons. The molecule has 38 heavy (non-hydrogen) atoms. The number of hydrogen-bond acceptors (Lipinski definition) is 7. The zero-order chi connectivity index (χ0) is 31.0. The second-order valence-electron chi connectivity index (χ2n) is 7.10. The quantitative estimate of drug-likeness (QED) is 0.196. The van der Waals surface area contributed by atoms with Crippen molar-refractivity contribution in [2.75, 3.05) is 26.4 Å². The first-order valence-electron chi connectivity index (χ1n) is 8.64. The highest BCUT2D eigenvalue weighted by Crippen LogP contribution is 2.62. The summed E-state index contributed by atoms with van der Waals surface area (Å²) in [7, 11) is -6.19. The Morgan fingerprint density at radius 1 is 0.632 bits per heavy atom. The maximum absolute atomic E-state index is 13.6. The van der Waals surface area contributed by atoms with Gasteiger partial charge < -0.3 is 20.6 Å². The zero-order valence-electron chi connectivity index (χ0n) is 17.4. The summed E-state index contributed by atoms with van der Waals surface area (Å²) < 4.78 is 222. The highest BCUT2D eigenvalue weighted by atomic mass is 32.2. The number of alkyl halides is 15. The summed E-state index contributed by atoms with van der Waals surface area (Å²) in [5, 5.41) is 28.0. The van der Waals surface area contributed by atoms with Crippen LogP contribution in [-0.4, -0.2) is 103 Å². The van der Waals surface area contributed by atoms with E-state index in [4.69, 9.17) is 15.3 Å². The minimum Gasteiger partial charge on any atom is -0.394 e. The summed E-state index contributed by atoms with van der Waals surface area (Å²) in [5.41, 5.74) is -2.44. The Labute approximate surface area is 199 Å². The van der Waals surface area contributed by atoms with Crippen molar-refractivity contribution in [2.45, 2.75) is 47.3 Å². The van der Waals surface area contributed by atoms with Crippen LogP contribution in [0.15, 0.2) is 0 Å². The average molecular weight is 626 g/mol. The van der Waals surface area contributed by atoms with E-state index in [0.717, 1.165) is 0 Å². The molecular formula is C13H13F15N2O7S. The van der Waals surface area contributed by atoms with Gasteiger partial charge in [0, 0.05) is 0 Å². The summed E-state index contributed by atoms with van der Waals surface area (Å²) in [6.45, 7) is -7.79. The van der Waals surface area contributed by atoms with E-state index in [2.05, 4.69) is 4.18 Å². The van der Waals surface area contributed by atoms with Crippen LogP contribution >= 0.6 is 0 Å². The van der Waals surface area contributed by atoms with E-state index in [0.29, 0.717) is 4.72 Å². The van der Waals surface area contributed by atoms with Crippen LogP contribution in [0.25, 0.3) is 0 Å². The lowest BCUT2D eigenvalue weighted by molar-refractivity contribution is -0.453. The van der Waals surface area contributed by atoms with E-state index in [1.54, 1.807) is 0 Å². The Morgan fingerprint density at radius 2 is 0.974 bits per heavy atom. The van der Waals surface area contributed by atoms with Crippen LogP contribution in [-0.2, 0) is 14.5 Å². The number of amides is 2. The third kappa shape index (κ3) is 6.09. The first kappa shape index (κ1) is 36.0. The number of aliphatic hydroxyl groups is 3. The molecular weight excluding hydrogens is 613 g/mol. The van der Waals surface area contributed by atoms with Crippen molar-refractivity contribution in [3.05, 3.63) is 0 Å². The lowest BCUT2D eigenvalue weighted by Crippen LogP contribution is -2.73.